The van der Waals surface area contributed by atoms with E-state index in [0.717, 1.165) is 5.56 Å². The second-order valence-electron chi connectivity index (χ2n) is 8.46. The van der Waals surface area contributed by atoms with Crippen molar-refractivity contribution in [3.8, 4) is 5.75 Å². The zero-order chi connectivity index (χ0) is 26.1. The normalized spacial score (nSPS) is 17.6. The summed E-state index contributed by atoms with van der Waals surface area (Å²) in [5.74, 6) is -2.10. The molecule has 1 N–H and O–H groups in total. The molecular weight excluding hydrogens is 501 g/mol. The molecule has 1 aliphatic rings. The molecule has 0 bridgehead atoms. The zero-order valence-electron chi connectivity index (χ0n) is 19.6. The van der Waals surface area contributed by atoms with Gasteiger partial charge < -0.3 is 19.2 Å². The maximum Gasteiger partial charge on any atom is 0.490 e. The number of esters is 1. The van der Waals surface area contributed by atoms with Crippen molar-refractivity contribution in [2.24, 2.45) is 0 Å². The third-order valence-corrected chi connectivity index (χ3v) is 7.65. The summed E-state index contributed by atoms with van der Waals surface area (Å²) in [6.07, 6.45) is -4.35. The molecule has 1 atom stereocenters. The SMILES string of the molecule is COc1ccc(C)cc1S(=O)(=O)c1cc(CN2CCCNCC2OC(=O)C(F)(F)F)c2occc2c1. The molecule has 3 aromatic rings. The maximum atomic E-state index is 13.6. The topological polar surface area (TPSA) is 98.1 Å². The van der Waals surface area contributed by atoms with Crippen molar-refractivity contribution in [1.82, 2.24) is 10.2 Å². The summed E-state index contributed by atoms with van der Waals surface area (Å²) in [6.45, 7) is 2.58. The molecule has 0 amide bonds. The molecule has 2 heterocycles. The number of nitrogens with one attached hydrogen (secondary N) is 1. The van der Waals surface area contributed by atoms with E-state index >= 15 is 0 Å². The van der Waals surface area contributed by atoms with Crippen LogP contribution in [0.2, 0.25) is 0 Å². The Morgan fingerprint density at radius 3 is 2.72 bits per heavy atom. The van der Waals surface area contributed by atoms with E-state index in [2.05, 4.69) is 5.32 Å². The summed E-state index contributed by atoms with van der Waals surface area (Å²) in [6, 6.07) is 9.34. The minimum atomic E-state index is -5.13. The van der Waals surface area contributed by atoms with Crippen LogP contribution in [0, 0.1) is 6.92 Å². The summed E-state index contributed by atoms with van der Waals surface area (Å²) in [5, 5.41) is 3.47. The molecular formula is C24H25F3N2O6S. The second kappa shape index (κ2) is 10.1. The Balaban J connectivity index is 1.74. The van der Waals surface area contributed by atoms with Crippen molar-refractivity contribution < 1.29 is 40.3 Å². The van der Waals surface area contributed by atoms with Gasteiger partial charge in [-0.15, -0.1) is 0 Å². The van der Waals surface area contributed by atoms with Gasteiger partial charge >= 0.3 is 12.1 Å². The fourth-order valence-corrected chi connectivity index (χ4v) is 5.72. The van der Waals surface area contributed by atoms with Crippen molar-refractivity contribution in [1.29, 1.82) is 0 Å². The predicted octanol–water partition coefficient (Wildman–Crippen LogP) is 3.81. The number of sulfone groups is 1. The smallest absolute Gasteiger partial charge is 0.490 e. The van der Waals surface area contributed by atoms with Crippen LogP contribution >= 0.6 is 0 Å². The van der Waals surface area contributed by atoms with Crippen LogP contribution < -0.4 is 10.1 Å². The average Bonchev–Trinajstić information content (AvgIpc) is 3.20. The van der Waals surface area contributed by atoms with E-state index in [1.165, 1.54) is 31.6 Å². The number of halogens is 3. The van der Waals surface area contributed by atoms with Gasteiger partial charge in [0.25, 0.3) is 0 Å². The number of carbonyl (C=O) groups excluding carboxylic acids is 1. The van der Waals surface area contributed by atoms with Crippen LogP contribution in [-0.2, 0) is 25.9 Å². The molecule has 36 heavy (non-hydrogen) atoms. The van der Waals surface area contributed by atoms with Crippen molar-refractivity contribution in [2.45, 2.75) is 42.1 Å². The molecule has 8 nitrogen and oxygen atoms in total. The van der Waals surface area contributed by atoms with Crippen molar-refractivity contribution in [3.05, 3.63) is 53.8 Å². The highest BCUT2D eigenvalue weighted by molar-refractivity contribution is 7.91. The zero-order valence-corrected chi connectivity index (χ0v) is 20.4. The van der Waals surface area contributed by atoms with E-state index in [0.29, 0.717) is 36.0 Å². The molecule has 0 radical (unpaired) electrons. The Bertz CT molecular complexity index is 1370. The number of benzene rings is 2. The Labute approximate surface area is 205 Å². The highest BCUT2D eigenvalue weighted by Gasteiger charge is 2.43. The van der Waals surface area contributed by atoms with Crippen LogP contribution in [0.4, 0.5) is 13.2 Å². The molecule has 1 saturated heterocycles. The van der Waals surface area contributed by atoms with Crippen LogP contribution in [0.25, 0.3) is 11.0 Å². The van der Waals surface area contributed by atoms with Gasteiger partial charge in [0.1, 0.15) is 16.2 Å². The van der Waals surface area contributed by atoms with Crippen LogP contribution in [0.5, 0.6) is 5.75 Å². The van der Waals surface area contributed by atoms with E-state index in [1.807, 2.05) is 0 Å². The quantitative estimate of drug-likeness (QED) is 0.485. The van der Waals surface area contributed by atoms with Crippen LogP contribution in [0.15, 0.2) is 56.9 Å². The van der Waals surface area contributed by atoms with Crippen molar-refractivity contribution in [2.75, 3.05) is 26.7 Å². The molecule has 0 spiro atoms. The first-order valence-corrected chi connectivity index (χ1v) is 12.6. The monoisotopic (exact) mass is 526 g/mol. The van der Waals surface area contributed by atoms with Crippen LogP contribution in [0.1, 0.15) is 17.5 Å². The summed E-state index contributed by atoms with van der Waals surface area (Å²) in [5.41, 5.74) is 1.55. The number of carbonyl (C=O) groups is 1. The second-order valence-corrected chi connectivity index (χ2v) is 10.4. The Morgan fingerprint density at radius 2 is 2.00 bits per heavy atom. The Morgan fingerprint density at radius 1 is 1.22 bits per heavy atom. The first-order valence-electron chi connectivity index (χ1n) is 11.1. The number of furan rings is 1. The number of aryl methyl sites for hydroxylation is 1. The number of fused-ring (bicyclic) bond motifs is 1. The molecule has 1 aromatic heterocycles. The molecule has 194 valence electrons. The number of nitrogens with zero attached hydrogens (tertiary/aromatic N) is 1. The lowest BCUT2D eigenvalue weighted by molar-refractivity contribution is -0.212. The van der Waals surface area contributed by atoms with Crippen molar-refractivity contribution >= 4 is 26.8 Å². The lowest BCUT2D eigenvalue weighted by Crippen LogP contribution is -2.45. The summed E-state index contributed by atoms with van der Waals surface area (Å²) >= 11 is 0. The van der Waals surface area contributed by atoms with E-state index in [1.54, 1.807) is 30.0 Å². The van der Waals surface area contributed by atoms with Crippen LogP contribution in [-0.4, -0.2) is 58.4 Å². The van der Waals surface area contributed by atoms with Gasteiger partial charge in [0, 0.05) is 30.6 Å². The standard InChI is InChI=1S/C24H25F3N2O6S/c1-15-4-5-19(33-2)20(10-15)36(31,32)18-11-16-6-9-34-22(16)17(12-18)14-29-8-3-7-28-13-21(29)35-23(30)24(25,26)27/h4-6,9-12,21,28H,3,7-8,13-14H2,1-2H3. The largest absolute Gasteiger partial charge is 0.495 e. The van der Waals surface area contributed by atoms with Gasteiger partial charge in [-0.1, -0.05) is 6.07 Å². The molecule has 2 aromatic carbocycles. The summed E-state index contributed by atoms with van der Waals surface area (Å²) < 4.78 is 81.4. The van der Waals surface area contributed by atoms with Gasteiger partial charge in [0.15, 0.2) is 6.23 Å². The molecule has 1 fully saturated rings. The van der Waals surface area contributed by atoms with Gasteiger partial charge in [-0.2, -0.15) is 13.2 Å². The molecule has 1 unspecified atom stereocenters. The fourth-order valence-electron chi connectivity index (χ4n) is 4.13. The lowest BCUT2D eigenvalue weighted by Gasteiger charge is -2.29. The predicted molar refractivity (Wildman–Crippen MR) is 123 cm³/mol. The highest BCUT2D eigenvalue weighted by Crippen LogP contribution is 2.34. The number of alkyl halides is 3. The molecule has 1 aliphatic heterocycles. The molecule has 0 saturated carbocycles. The summed E-state index contributed by atoms with van der Waals surface area (Å²) in [4.78, 5) is 13.1. The number of hydrogen-bond donors (Lipinski definition) is 1. The van der Waals surface area contributed by atoms with Gasteiger partial charge in [0.05, 0.1) is 18.3 Å². The first-order chi connectivity index (χ1) is 17.0. The van der Waals surface area contributed by atoms with Gasteiger partial charge in [-0.25, -0.2) is 13.2 Å². The van der Waals surface area contributed by atoms with E-state index in [-0.39, 0.29) is 28.6 Å². The molecule has 0 aliphatic carbocycles. The third-order valence-electron chi connectivity index (χ3n) is 5.89. The van der Waals surface area contributed by atoms with E-state index in [9.17, 15) is 26.4 Å². The van der Waals surface area contributed by atoms with E-state index < -0.39 is 28.2 Å². The molecule has 4 rings (SSSR count). The number of ether oxygens (including phenoxy) is 2. The van der Waals surface area contributed by atoms with Crippen LogP contribution in [0.3, 0.4) is 0 Å². The van der Waals surface area contributed by atoms with Gasteiger partial charge in [-0.3, -0.25) is 4.90 Å². The lowest BCUT2D eigenvalue weighted by atomic mass is 10.1. The fraction of sp³-hybridized carbons (Fsp3) is 0.375. The van der Waals surface area contributed by atoms with Gasteiger partial charge in [-0.05, 0) is 55.8 Å². The number of hydrogen-bond acceptors (Lipinski definition) is 8. The van der Waals surface area contributed by atoms with Crippen molar-refractivity contribution in [3.63, 3.8) is 0 Å². The maximum absolute atomic E-state index is 13.6. The minimum absolute atomic E-state index is 0.00416. The Kier molecular flexibility index (Phi) is 7.30. The molecule has 12 heteroatoms. The minimum Gasteiger partial charge on any atom is -0.495 e. The third kappa shape index (κ3) is 5.35. The highest BCUT2D eigenvalue weighted by atomic mass is 32.2. The Hall–Kier alpha value is -3.09. The summed E-state index contributed by atoms with van der Waals surface area (Å²) in [7, 11) is -2.65. The van der Waals surface area contributed by atoms with Gasteiger partial charge in [0.2, 0.25) is 9.84 Å². The first kappa shape index (κ1) is 26.0. The number of methoxy groups -OCH3 is 1. The number of rotatable bonds is 6. The van der Waals surface area contributed by atoms with E-state index in [4.69, 9.17) is 13.9 Å². The average molecular weight is 527 g/mol.